The van der Waals surface area contributed by atoms with Gasteiger partial charge in [-0.1, -0.05) is 13.0 Å². The highest BCUT2D eigenvalue weighted by molar-refractivity contribution is 5.74. The van der Waals surface area contributed by atoms with E-state index in [0.717, 1.165) is 29.0 Å². The molecule has 0 atom stereocenters. The maximum Gasteiger partial charge on any atom is 0.309 e. The maximum atomic E-state index is 11.2. The molecule has 1 aromatic rings. The zero-order valence-corrected chi connectivity index (χ0v) is 10.9. The van der Waals surface area contributed by atoms with Gasteiger partial charge >= 0.3 is 5.97 Å². The summed E-state index contributed by atoms with van der Waals surface area (Å²) >= 11 is 0. The van der Waals surface area contributed by atoms with Crippen LogP contribution in [0.25, 0.3) is 0 Å². The smallest absolute Gasteiger partial charge is 0.309 e. The molecule has 0 aliphatic carbocycles. The van der Waals surface area contributed by atoms with E-state index >= 15 is 0 Å². The minimum absolute atomic E-state index is 0.244. The summed E-state index contributed by atoms with van der Waals surface area (Å²) in [7, 11) is 0. The molecule has 0 aromatic heterocycles. The molecule has 1 N–H and O–H groups in total. The lowest BCUT2D eigenvalue weighted by molar-refractivity contribution is -0.146. The summed E-state index contributed by atoms with van der Waals surface area (Å²) in [5.41, 5.74) is 1.30. The molecular weight excluding hydrogens is 232 g/mol. The third-order valence-corrected chi connectivity index (χ3v) is 3.30. The monoisotopic (exact) mass is 250 g/mol. The number of fused-ring (bicyclic) bond motifs is 1. The quantitative estimate of drug-likeness (QED) is 0.892. The Hall–Kier alpha value is -1.71. The van der Waals surface area contributed by atoms with Crippen molar-refractivity contribution in [2.45, 2.75) is 33.6 Å². The van der Waals surface area contributed by atoms with Crippen LogP contribution in [-0.4, -0.2) is 17.9 Å². The van der Waals surface area contributed by atoms with Crippen LogP contribution in [-0.2, 0) is 17.6 Å². The van der Waals surface area contributed by atoms with E-state index < -0.39 is 11.4 Å². The lowest BCUT2D eigenvalue weighted by Gasteiger charge is -2.21. The molecule has 1 aliphatic rings. The number of carboxylic acid groups (broad SMARTS) is 1. The molecule has 0 amide bonds. The van der Waals surface area contributed by atoms with Gasteiger partial charge in [-0.15, -0.1) is 0 Å². The van der Waals surface area contributed by atoms with Gasteiger partial charge in [-0.05, 0) is 38.3 Å². The van der Waals surface area contributed by atoms with E-state index in [2.05, 4.69) is 0 Å². The Morgan fingerprint density at radius 3 is 2.72 bits per heavy atom. The van der Waals surface area contributed by atoms with Crippen molar-refractivity contribution in [2.75, 3.05) is 6.79 Å². The number of benzene rings is 1. The normalized spacial score (nSPS) is 13.7. The standard InChI is InChI=1S/C14H18O4/c1-4-10-9(7-14(2,3)13(15)16)5-6-11-12(10)18-8-17-11/h5-6H,4,7-8H2,1-3H3,(H,15,16). The summed E-state index contributed by atoms with van der Waals surface area (Å²) in [6, 6.07) is 3.80. The number of hydrogen-bond donors (Lipinski definition) is 1. The minimum Gasteiger partial charge on any atom is -0.481 e. The van der Waals surface area contributed by atoms with Crippen LogP contribution >= 0.6 is 0 Å². The summed E-state index contributed by atoms with van der Waals surface area (Å²) in [6.07, 6.45) is 1.29. The molecule has 1 aromatic carbocycles. The van der Waals surface area contributed by atoms with Crippen LogP contribution in [0.15, 0.2) is 12.1 Å². The second-order valence-electron chi connectivity index (χ2n) is 5.16. The fourth-order valence-corrected chi connectivity index (χ4v) is 2.18. The van der Waals surface area contributed by atoms with Crippen LogP contribution in [0.3, 0.4) is 0 Å². The van der Waals surface area contributed by atoms with Crippen LogP contribution in [0.5, 0.6) is 11.5 Å². The Kier molecular flexibility index (Phi) is 3.20. The number of hydrogen-bond acceptors (Lipinski definition) is 3. The molecule has 0 bridgehead atoms. The SMILES string of the molecule is CCc1c(CC(C)(C)C(=O)O)ccc2c1OCO2. The molecule has 4 heteroatoms. The Balaban J connectivity index is 2.37. The third kappa shape index (κ3) is 2.15. The molecular formula is C14H18O4. The molecule has 4 nitrogen and oxygen atoms in total. The first kappa shape index (κ1) is 12.7. The molecule has 1 aliphatic heterocycles. The Morgan fingerprint density at radius 2 is 2.11 bits per heavy atom. The van der Waals surface area contributed by atoms with Crippen molar-refractivity contribution in [1.29, 1.82) is 0 Å². The molecule has 0 unspecified atom stereocenters. The molecule has 98 valence electrons. The molecule has 18 heavy (non-hydrogen) atoms. The number of aliphatic carboxylic acids is 1. The predicted octanol–water partition coefficient (Wildman–Crippen LogP) is 2.63. The van der Waals surface area contributed by atoms with E-state index in [4.69, 9.17) is 9.47 Å². The minimum atomic E-state index is -0.790. The summed E-state index contributed by atoms with van der Waals surface area (Å²) in [6.45, 7) is 5.75. The first-order valence-corrected chi connectivity index (χ1v) is 6.09. The fraction of sp³-hybridized carbons (Fsp3) is 0.500. The molecule has 0 spiro atoms. The average molecular weight is 250 g/mol. The largest absolute Gasteiger partial charge is 0.481 e. The number of carbonyl (C=O) groups is 1. The number of rotatable bonds is 4. The molecule has 0 saturated carbocycles. The van der Waals surface area contributed by atoms with Crippen LogP contribution < -0.4 is 9.47 Å². The van der Waals surface area contributed by atoms with Gasteiger partial charge in [0.1, 0.15) is 0 Å². The summed E-state index contributed by atoms with van der Waals surface area (Å²) in [4.78, 5) is 11.2. The predicted molar refractivity (Wildman–Crippen MR) is 67.1 cm³/mol. The first-order chi connectivity index (χ1) is 8.45. The van der Waals surface area contributed by atoms with E-state index in [1.807, 2.05) is 19.1 Å². The zero-order valence-electron chi connectivity index (χ0n) is 10.9. The maximum absolute atomic E-state index is 11.2. The Bertz CT molecular complexity index is 477. The van der Waals surface area contributed by atoms with Crippen molar-refractivity contribution < 1.29 is 19.4 Å². The molecule has 2 rings (SSSR count). The fourth-order valence-electron chi connectivity index (χ4n) is 2.18. The van der Waals surface area contributed by atoms with Crippen LogP contribution in [0.2, 0.25) is 0 Å². The number of ether oxygens (including phenoxy) is 2. The van der Waals surface area contributed by atoms with Gasteiger partial charge in [0.05, 0.1) is 5.41 Å². The van der Waals surface area contributed by atoms with Crippen molar-refractivity contribution >= 4 is 5.97 Å². The topological polar surface area (TPSA) is 55.8 Å². The average Bonchev–Trinajstić information content (AvgIpc) is 2.76. The Morgan fingerprint density at radius 1 is 1.39 bits per heavy atom. The highest BCUT2D eigenvalue weighted by atomic mass is 16.7. The lowest BCUT2D eigenvalue weighted by atomic mass is 9.83. The second-order valence-corrected chi connectivity index (χ2v) is 5.16. The van der Waals surface area contributed by atoms with E-state index in [0.29, 0.717) is 6.42 Å². The lowest BCUT2D eigenvalue weighted by Crippen LogP contribution is -2.26. The van der Waals surface area contributed by atoms with E-state index in [1.54, 1.807) is 13.8 Å². The van der Waals surface area contributed by atoms with Gasteiger partial charge in [0.25, 0.3) is 0 Å². The zero-order chi connectivity index (χ0) is 13.3. The van der Waals surface area contributed by atoms with Crippen molar-refractivity contribution in [3.8, 4) is 11.5 Å². The third-order valence-electron chi connectivity index (χ3n) is 3.30. The van der Waals surface area contributed by atoms with Crippen molar-refractivity contribution in [3.63, 3.8) is 0 Å². The van der Waals surface area contributed by atoms with Crippen molar-refractivity contribution in [2.24, 2.45) is 5.41 Å². The molecule has 0 saturated heterocycles. The van der Waals surface area contributed by atoms with Crippen LogP contribution in [0.1, 0.15) is 31.9 Å². The van der Waals surface area contributed by atoms with E-state index in [1.165, 1.54) is 0 Å². The van der Waals surface area contributed by atoms with Crippen molar-refractivity contribution in [3.05, 3.63) is 23.3 Å². The molecule has 0 radical (unpaired) electrons. The van der Waals surface area contributed by atoms with Gasteiger partial charge in [0, 0.05) is 5.56 Å². The van der Waals surface area contributed by atoms with Gasteiger partial charge in [-0.25, -0.2) is 0 Å². The highest BCUT2D eigenvalue weighted by Crippen LogP contribution is 2.39. The van der Waals surface area contributed by atoms with Crippen molar-refractivity contribution in [1.82, 2.24) is 0 Å². The molecule has 0 fully saturated rings. The van der Waals surface area contributed by atoms with Gasteiger partial charge < -0.3 is 14.6 Å². The summed E-state index contributed by atoms with van der Waals surface area (Å²) in [5, 5.41) is 9.20. The number of carboxylic acids is 1. The highest BCUT2D eigenvalue weighted by Gasteiger charge is 2.30. The van der Waals surface area contributed by atoms with Crippen LogP contribution in [0, 0.1) is 5.41 Å². The van der Waals surface area contributed by atoms with Crippen LogP contribution in [0.4, 0.5) is 0 Å². The van der Waals surface area contributed by atoms with Gasteiger partial charge in [0.2, 0.25) is 6.79 Å². The molecule has 1 heterocycles. The first-order valence-electron chi connectivity index (χ1n) is 6.09. The second kappa shape index (κ2) is 4.52. The summed E-state index contributed by atoms with van der Waals surface area (Å²) in [5.74, 6) is 0.738. The van der Waals surface area contributed by atoms with Gasteiger partial charge in [-0.2, -0.15) is 0 Å². The Labute approximate surface area is 107 Å². The van der Waals surface area contributed by atoms with Gasteiger partial charge in [0.15, 0.2) is 11.5 Å². The van der Waals surface area contributed by atoms with Gasteiger partial charge in [-0.3, -0.25) is 4.79 Å². The van der Waals surface area contributed by atoms with E-state index in [-0.39, 0.29) is 6.79 Å². The summed E-state index contributed by atoms with van der Waals surface area (Å²) < 4.78 is 10.8. The van der Waals surface area contributed by atoms with E-state index in [9.17, 15) is 9.90 Å².